The minimum Gasteiger partial charge on any atom is -0.370 e. The van der Waals surface area contributed by atoms with Crippen LogP contribution in [0.2, 0.25) is 0 Å². The molecule has 8 N–H and O–H groups in total. The van der Waals surface area contributed by atoms with E-state index in [2.05, 4.69) is 20.0 Å². The number of benzene rings is 1. The summed E-state index contributed by atoms with van der Waals surface area (Å²) in [6.45, 7) is 0. The van der Waals surface area contributed by atoms with Crippen LogP contribution in [0.25, 0.3) is 22.5 Å². The second kappa shape index (κ2) is 6.64. The van der Waals surface area contributed by atoms with E-state index in [9.17, 15) is 0 Å². The number of hydrogen-bond donors (Lipinski definition) is 4. The van der Waals surface area contributed by atoms with Gasteiger partial charge in [0.1, 0.15) is 0 Å². The summed E-state index contributed by atoms with van der Waals surface area (Å²) in [4.78, 5) is 16.6. The number of aliphatic imine (C=N–C) groups is 2. The highest BCUT2D eigenvalue weighted by Crippen LogP contribution is 2.30. The lowest BCUT2D eigenvalue weighted by Gasteiger charge is -1.99. The Morgan fingerprint density at radius 3 is 1.42 bits per heavy atom. The molecule has 0 unspecified atom stereocenters. The number of nitrogens with two attached hydrogens (primary N) is 4. The number of rotatable bonds is 4. The monoisotopic (exact) mass is 358 g/mol. The molecule has 2 heterocycles. The first-order valence-electron chi connectivity index (χ1n) is 6.72. The maximum Gasteiger partial charge on any atom is 0.212 e. The third kappa shape index (κ3) is 3.67. The predicted octanol–water partition coefficient (Wildman–Crippen LogP) is 1.74. The molecule has 0 atom stereocenters. The number of hydrogen-bond acceptors (Lipinski definition) is 6. The third-order valence-corrected chi connectivity index (χ3v) is 4.38. The average molecular weight is 358 g/mol. The summed E-state index contributed by atoms with van der Waals surface area (Å²) < 4.78 is 0. The first-order valence-corrected chi connectivity index (χ1v) is 8.48. The van der Waals surface area contributed by atoms with E-state index < -0.39 is 0 Å². The van der Waals surface area contributed by atoms with Crippen molar-refractivity contribution in [2.24, 2.45) is 32.9 Å². The van der Waals surface area contributed by atoms with Crippen LogP contribution in [0.5, 0.6) is 0 Å². The SMILES string of the molecule is NC(N)=Nc1nc(-c2ccc(-c3csc(N=C(N)N)n3)cc2)cs1. The first-order chi connectivity index (χ1) is 11.5. The zero-order valence-corrected chi connectivity index (χ0v) is 14.0. The lowest BCUT2D eigenvalue weighted by Crippen LogP contribution is -2.21. The van der Waals surface area contributed by atoms with Gasteiger partial charge >= 0.3 is 0 Å². The molecule has 122 valence electrons. The van der Waals surface area contributed by atoms with Gasteiger partial charge in [0.2, 0.25) is 10.3 Å². The molecule has 0 spiro atoms. The summed E-state index contributed by atoms with van der Waals surface area (Å²) >= 11 is 2.75. The molecule has 2 aromatic heterocycles. The van der Waals surface area contributed by atoms with Crippen molar-refractivity contribution in [3.8, 4) is 22.5 Å². The summed E-state index contributed by atoms with van der Waals surface area (Å²) in [5.41, 5.74) is 25.0. The van der Waals surface area contributed by atoms with E-state index in [1.807, 2.05) is 35.0 Å². The molecule has 0 fully saturated rings. The van der Waals surface area contributed by atoms with E-state index in [1.165, 1.54) is 22.7 Å². The second-order valence-corrected chi connectivity index (χ2v) is 6.35. The highest BCUT2D eigenvalue weighted by molar-refractivity contribution is 7.14. The highest BCUT2D eigenvalue weighted by atomic mass is 32.1. The quantitative estimate of drug-likeness (QED) is 0.411. The fraction of sp³-hybridized carbons (Fsp3) is 0. The van der Waals surface area contributed by atoms with Crippen molar-refractivity contribution in [1.29, 1.82) is 0 Å². The lowest BCUT2D eigenvalue weighted by molar-refractivity contribution is 1.32. The molecule has 1 aromatic carbocycles. The average Bonchev–Trinajstić information content (AvgIpc) is 3.16. The zero-order valence-electron chi connectivity index (χ0n) is 12.4. The fourth-order valence-corrected chi connectivity index (χ4v) is 3.36. The van der Waals surface area contributed by atoms with Crippen LogP contribution < -0.4 is 22.9 Å². The van der Waals surface area contributed by atoms with E-state index >= 15 is 0 Å². The van der Waals surface area contributed by atoms with Crippen molar-refractivity contribution in [1.82, 2.24) is 9.97 Å². The van der Waals surface area contributed by atoms with Crippen molar-refractivity contribution >= 4 is 44.9 Å². The summed E-state index contributed by atoms with van der Waals surface area (Å²) in [6, 6.07) is 7.85. The largest absolute Gasteiger partial charge is 0.370 e. The number of thiazole rings is 2. The van der Waals surface area contributed by atoms with Crippen LogP contribution in [0.4, 0.5) is 10.3 Å². The molecule has 0 amide bonds. The smallest absolute Gasteiger partial charge is 0.212 e. The van der Waals surface area contributed by atoms with Crippen LogP contribution in [0.15, 0.2) is 45.0 Å². The molecular weight excluding hydrogens is 344 g/mol. The molecule has 3 rings (SSSR count). The van der Waals surface area contributed by atoms with Gasteiger partial charge in [0, 0.05) is 21.9 Å². The van der Waals surface area contributed by atoms with Gasteiger partial charge in [-0.1, -0.05) is 24.3 Å². The van der Waals surface area contributed by atoms with Gasteiger partial charge in [-0.25, -0.2) is 9.97 Å². The Hall–Kier alpha value is -2.98. The highest BCUT2D eigenvalue weighted by Gasteiger charge is 2.07. The predicted molar refractivity (Wildman–Crippen MR) is 99.6 cm³/mol. The minimum atomic E-state index is -0.00800. The van der Waals surface area contributed by atoms with Crippen molar-refractivity contribution < 1.29 is 0 Å². The van der Waals surface area contributed by atoms with Crippen LogP contribution in [-0.2, 0) is 0 Å². The summed E-state index contributed by atoms with van der Waals surface area (Å²) in [5.74, 6) is -0.0160. The Kier molecular flexibility index (Phi) is 4.40. The molecule has 0 aliphatic carbocycles. The van der Waals surface area contributed by atoms with Gasteiger partial charge in [0.25, 0.3) is 0 Å². The second-order valence-electron chi connectivity index (χ2n) is 4.68. The van der Waals surface area contributed by atoms with Crippen LogP contribution in [0.3, 0.4) is 0 Å². The van der Waals surface area contributed by atoms with Crippen molar-refractivity contribution in [2.45, 2.75) is 0 Å². The summed E-state index contributed by atoms with van der Waals surface area (Å²) in [6.07, 6.45) is 0. The molecule has 0 saturated carbocycles. The maximum absolute atomic E-state index is 5.35. The van der Waals surface area contributed by atoms with Crippen LogP contribution in [0.1, 0.15) is 0 Å². The molecule has 0 saturated heterocycles. The van der Waals surface area contributed by atoms with E-state index in [1.54, 1.807) is 0 Å². The number of aromatic nitrogens is 2. The molecule has 3 aromatic rings. The van der Waals surface area contributed by atoms with Gasteiger partial charge in [-0.05, 0) is 0 Å². The third-order valence-electron chi connectivity index (χ3n) is 2.91. The standard InChI is InChI=1S/C14H14N8S2/c15-11(16)21-13-19-9(5-23-13)7-1-2-8(4-3-7)10-6-24-14(20-10)22-12(17)18/h1-6H,(H4,15,16,19,21)(H4,17,18,20,22). The first kappa shape index (κ1) is 15.9. The molecule has 8 nitrogen and oxygen atoms in total. The molecule has 24 heavy (non-hydrogen) atoms. The molecule has 0 radical (unpaired) electrons. The summed E-state index contributed by atoms with van der Waals surface area (Å²) in [5, 5.41) is 4.85. The maximum atomic E-state index is 5.35. The zero-order chi connectivity index (χ0) is 17.1. The Morgan fingerprint density at radius 2 is 1.08 bits per heavy atom. The normalized spacial score (nSPS) is 10.3. The molecule has 10 heteroatoms. The number of nitrogens with zero attached hydrogens (tertiary/aromatic N) is 4. The molecule has 0 aliphatic rings. The van der Waals surface area contributed by atoms with Gasteiger partial charge in [-0.15, -0.1) is 22.7 Å². The topological polar surface area (TPSA) is 155 Å². The van der Waals surface area contributed by atoms with Gasteiger partial charge in [-0.2, -0.15) is 9.98 Å². The molecule has 0 bridgehead atoms. The van der Waals surface area contributed by atoms with E-state index in [-0.39, 0.29) is 11.9 Å². The molecular formula is C14H14N8S2. The van der Waals surface area contributed by atoms with E-state index in [4.69, 9.17) is 22.9 Å². The fourth-order valence-electron chi connectivity index (χ4n) is 1.93. The van der Waals surface area contributed by atoms with Gasteiger partial charge in [0.05, 0.1) is 11.4 Å². The Balaban J connectivity index is 1.83. The minimum absolute atomic E-state index is 0.00800. The van der Waals surface area contributed by atoms with E-state index in [0.717, 1.165) is 22.5 Å². The van der Waals surface area contributed by atoms with Gasteiger partial charge < -0.3 is 22.9 Å². The lowest BCUT2D eigenvalue weighted by atomic mass is 10.1. The van der Waals surface area contributed by atoms with Gasteiger partial charge in [-0.3, -0.25) is 0 Å². The van der Waals surface area contributed by atoms with E-state index in [0.29, 0.717) is 10.3 Å². The Morgan fingerprint density at radius 1 is 0.708 bits per heavy atom. The Bertz CT molecular complexity index is 824. The van der Waals surface area contributed by atoms with Crippen molar-refractivity contribution in [3.63, 3.8) is 0 Å². The van der Waals surface area contributed by atoms with Crippen LogP contribution >= 0.6 is 22.7 Å². The Labute approximate surface area is 145 Å². The van der Waals surface area contributed by atoms with Crippen LogP contribution in [0, 0.1) is 0 Å². The van der Waals surface area contributed by atoms with Gasteiger partial charge in [0.15, 0.2) is 11.9 Å². The molecule has 0 aliphatic heterocycles. The van der Waals surface area contributed by atoms with Crippen molar-refractivity contribution in [3.05, 3.63) is 35.0 Å². The van der Waals surface area contributed by atoms with Crippen LogP contribution in [-0.4, -0.2) is 21.9 Å². The van der Waals surface area contributed by atoms with Crippen molar-refractivity contribution in [2.75, 3.05) is 0 Å². The number of guanidine groups is 2. The summed E-state index contributed by atoms with van der Waals surface area (Å²) in [7, 11) is 0.